The smallest absolute Gasteiger partial charge is 0.335 e. The lowest BCUT2D eigenvalue weighted by molar-refractivity contribution is 0.0697. The summed E-state index contributed by atoms with van der Waals surface area (Å²) in [6.45, 7) is 1.91. The first-order chi connectivity index (χ1) is 10.1. The molecule has 0 saturated heterocycles. The Morgan fingerprint density at radius 2 is 1.95 bits per heavy atom. The summed E-state index contributed by atoms with van der Waals surface area (Å²) in [5.41, 5.74) is 2.47. The molecule has 0 bridgehead atoms. The molecule has 0 saturated carbocycles. The van der Waals surface area contributed by atoms with Crippen LogP contribution in [0.15, 0.2) is 47.1 Å². The number of aromatic nitrogens is 3. The van der Waals surface area contributed by atoms with E-state index in [0.717, 1.165) is 5.56 Å². The van der Waals surface area contributed by atoms with Crippen LogP contribution in [-0.2, 0) is 0 Å². The molecule has 0 aliphatic heterocycles. The van der Waals surface area contributed by atoms with Gasteiger partial charge in [-0.15, -0.1) is 0 Å². The molecule has 3 rings (SSSR count). The number of benzene rings is 1. The molecular weight excluding hydrogens is 270 g/mol. The third-order valence-corrected chi connectivity index (χ3v) is 3.03. The Kier molecular flexibility index (Phi) is 3.19. The van der Waals surface area contributed by atoms with Crippen LogP contribution in [0.1, 0.15) is 15.9 Å². The molecule has 1 aromatic carbocycles. The van der Waals surface area contributed by atoms with Gasteiger partial charge in [-0.25, -0.2) is 4.79 Å². The van der Waals surface area contributed by atoms with Gasteiger partial charge in [0.2, 0.25) is 5.82 Å². The van der Waals surface area contributed by atoms with Gasteiger partial charge in [0, 0.05) is 11.8 Å². The highest BCUT2D eigenvalue weighted by atomic mass is 16.5. The predicted octanol–water partition coefficient (Wildman–Crippen LogP) is 2.81. The minimum atomic E-state index is -0.973. The van der Waals surface area contributed by atoms with Gasteiger partial charge in [0.05, 0.1) is 5.56 Å². The lowest BCUT2D eigenvalue weighted by Gasteiger charge is -1.97. The highest BCUT2D eigenvalue weighted by Crippen LogP contribution is 2.23. The molecule has 0 spiro atoms. The van der Waals surface area contributed by atoms with E-state index in [1.165, 1.54) is 12.1 Å². The maximum absolute atomic E-state index is 10.8. The second-order valence-corrected chi connectivity index (χ2v) is 4.47. The van der Waals surface area contributed by atoms with Gasteiger partial charge in [-0.3, -0.25) is 4.98 Å². The summed E-state index contributed by atoms with van der Waals surface area (Å²) in [4.78, 5) is 19.3. The zero-order valence-corrected chi connectivity index (χ0v) is 11.1. The summed E-state index contributed by atoms with van der Waals surface area (Å²) in [5, 5.41) is 12.8. The van der Waals surface area contributed by atoms with E-state index in [-0.39, 0.29) is 5.56 Å². The summed E-state index contributed by atoms with van der Waals surface area (Å²) in [7, 11) is 0. The molecule has 104 valence electrons. The van der Waals surface area contributed by atoms with Crippen molar-refractivity contribution >= 4 is 5.97 Å². The first-order valence-corrected chi connectivity index (χ1v) is 6.24. The van der Waals surface area contributed by atoms with E-state index in [1.54, 1.807) is 18.3 Å². The van der Waals surface area contributed by atoms with E-state index in [9.17, 15) is 4.79 Å². The topological polar surface area (TPSA) is 89.1 Å². The van der Waals surface area contributed by atoms with Crippen molar-refractivity contribution in [3.8, 4) is 23.0 Å². The average Bonchev–Trinajstić information content (AvgIpc) is 2.97. The van der Waals surface area contributed by atoms with Gasteiger partial charge in [-0.2, -0.15) is 4.98 Å². The maximum atomic E-state index is 10.8. The molecule has 6 heteroatoms. The number of hydrogen-bond acceptors (Lipinski definition) is 5. The molecule has 3 aromatic rings. The van der Waals surface area contributed by atoms with Crippen LogP contribution in [0.2, 0.25) is 0 Å². The van der Waals surface area contributed by atoms with Crippen LogP contribution in [0, 0.1) is 6.92 Å². The Morgan fingerprint density at radius 1 is 1.19 bits per heavy atom. The van der Waals surface area contributed by atoms with Crippen molar-refractivity contribution in [2.45, 2.75) is 6.92 Å². The summed E-state index contributed by atoms with van der Waals surface area (Å²) in [6, 6.07) is 10.0. The minimum absolute atomic E-state index is 0.211. The number of aromatic carboxylic acids is 1. The molecule has 0 atom stereocenters. The first-order valence-electron chi connectivity index (χ1n) is 6.24. The number of carboxylic acid groups (broad SMARTS) is 1. The lowest BCUT2D eigenvalue weighted by atomic mass is 10.1. The van der Waals surface area contributed by atoms with E-state index in [0.29, 0.717) is 23.0 Å². The lowest BCUT2D eigenvalue weighted by Crippen LogP contribution is -1.95. The molecule has 0 aliphatic rings. The first kappa shape index (κ1) is 13.0. The van der Waals surface area contributed by atoms with Gasteiger partial charge in [0.25, 0.3) is 5.89 Å². The van der Waals surface area contributed by atoms with Crippen LogP contribution in [0.5, 0.6) is 0 Å². The van der Waals surface area contributed by atoms with Crippen molar-refractivity contribution in [1.82, 2.24) is 15.1 Å². The largest absolute Gasteiger partial charge is 0.478 e. The van der Waals surface area contributed by atoms with Crippen LogP contribution < -0.4 is 0 Å². The minimum Gasteiger partial charge on any atom is -0.478 e. The van der Waals surface area contributed by atoms with Crippen LogP contribution in [-0.4, -0.2) is 26.2 Å². The zero-order valence-electron chi connectivity index (χ0n) is 11.1. The summed E-state index contributed by atoms with van der Waals surface area (Å²) in [6.07, 6.45) is 1.66. The molecule has 2 heterocycles. The molecule has 6 nitrogen and oxygen atoms in total. The van der Waals surface area contributed by atoms with Crippen molar-refractivity contribution < 1.29 is 14.4 Å². The van der Waals surface area contributed by atoms with E-state index < -0.39 is 5.97 Å². The average molecular weight is 281 g/mol. The fraction of sp³-hybridized carbons (Fsp3) is 0.0667. The van der Waals surface area contributed by atoms with Crippen LogP contribution in [0.25, 0.3) is 23.0 Å². The Bertz CT molecular complexity index is 794. The second-order valence-electron chi connectivity index (χ2n) is 4.47. The monoisotopic (exact) mass is 281 g/mol. The van der Waals surface area contributed by atoms with Gasteiger partial charge in [-0.1, -0.05) is 23.4 Å². The third kappa shape index (κ3) is 2.51. The van der Waals surface area contributed by atoms with Gasteiger partial charge in [0.1, 0.15) is 5.69 Å². The number of aryl methyl sites for hydroxylation is 1. The third-order valence-electron chi connectivity index (χ3n) is 3.03. The van der Waals surface area contributed by atoms with Crippen LogP contribution >= 0.6 is 0 Å². The molecule has 1 N–H and O–H groups in total. The van der Waals surface area contributed by atoms with E-state index in [1.807, 2.05) is 19.1 Å². The Labute approximate surface area is 120 Å². The number of carbonyl (C=O) groups is 1. The van der Waals surface area contributed by atoms with E-state index >= 15 is 0 Å². The standard InChI is InChI=1S/C15H11N3O3/c1-9-3-2-8-16-12(9)14-17-13(18-21-14)10-4-6-11(7-5-10)15(19)20/h2-8H,1H3,(H,19,20). The summed E-state index contributed by atoms with van der Waals surface area (Å²) < 4.78 is 5.22. The molecule has 2 aromatic heterocycles. The molecule has 0 amide bonds. The fourth-order valence-corrected chi connectivity index (χ4v) is 1.91. The van der Waals surface area contributed by atoms with Gasteiger partial charge in [0.15, 0.2) is 0 Å². The summed E-state index contributed by atoms with van der Waals surface area (Å²) in [5.74, 6) is -0.239. The highest BCUT2D eigenvalue weighted by molar-refractivity contribution is 5.88. The number of hydrogen-bond donors (Lipinski definition) is 1. The van der Waals surface area contributed by atoms with E-state index in [4.69, 9.17) is 9.63 Å². The number of nitrogens with zero attached hydrogens (tertiary/aromatic N) is 3. The quantitative estimate of drug-likeness (QED) is 0.794. The Hall–Kier alpha value is -3.02. The second kappa shape index (κ2) is 5.16. The zero-order chi connectivity index (χ0) is 14.8. The summed E-state index contributed by atoms with van der Waals surface area (Å²) >= 11 is 0. The fourth-order valence-electron chi connectivity index (χ4n) is 1.91. The number of pyridine rings is 1. The number of rotatable bonds is 3. The van der Waals surface area contributed by atoms with Crippen molar-refractivity contribution in [3.63, 3.8) is 0 Å². The predicted molar refractivity (Wildman–Crippen MR) is 74.7 cm³/mol. The Balaban J connectivity index is 1.95. The van der Waals surface area contributed by atoms with Gasteiger partial charge in [-0.05, 0) is 30.7 Å². The molecular formula is C15H11N3O3. The van der Waals surface area contributed by atoms with Crippen LogP contribution in [0.3, 0.4) is 0 Å². The van der Waals surface area contributed by atoms with Gasteiger partial charge >= 0.3 is 5.97 Å². The normalized spacial score (nSPS) is 10.5. The SMILES string of the molecule is Cc1cccnc1-c1nc(-c2ccc(C(=O)O)cc2)no1. The van der Waals surface area contributed by atoms with Crippen molar-refractivity contribution in [3.05, 3.63) is 53.7 Å². The molecule has 21 heavy (non-hydrogen) atoms. The molecule has 0 fully saturated rings. The Morgan fingerprint density at radius 3 is 2.62 bits per heavy atom. The van der Waals surface area contributed by atoms with Crippen molar-refractivity contribution in [2.75, 3.05) is 0 Å². The van der Waals surface area contributed by atoms with Gasteiger partial charge < -0.3 is 9.63 Å². The highest BCUT2D eigenvalue weighted by Gasteiger charge is 2.13. The molecule has 0 unspecified atom stereocenters. The molecule has 0 radical (unpaired) electrons. The maximum Gasteiger partial charge on any atom is 0.335 e. The van der Waals surface area contributed by atoms with Crippen molar-refractivity contribution in [1.29, 1.82) is 0 Å². The van der Waals surface area contributed by atoms with E-state index in [2.05, 4.69) is 15.1 Å². The number of carboxylic acids is 1. The van der Waals surface area contributed by atoms with Crippen LogP contribution in [0.4, 0.5) is 0 Å². The molecule has 0 aliphatic carbocycles. The van der Waals surface area contributed by atoms with Crippen molar-refractivity contribution in [2.24, 2.45) is 0 Å².